The van der Waals surface area contributed by atoms with Gasteiger partial charge in [-0.05, 0) is 73.1 Å². The molecule has 2 fully saturated rings. The summed E-state index contributed by atoms with van der Waals surface area (Å²) in [7, 11) is 0. The van der Waals surface area contributed by atoms with Crippen molar-refractivity contribution in [3.05, 3.63) is 29.3 Å². The minimum Gasteiger partial charge on any atom is -0.508 e. The number of phenolic OH excluding ortho intramolecular Hbond substituents is 1. The molecule has 1 aromatic carbocycles. The first-order chi connectivity index (χ1) is 10.0. The first-order valence-electron chi connectivity index (χ1n) is 8.05. The van der Waals surface area contributed by atoms with Crippen molar-refractivity contribution in [3.63, 3.8) is 0 Å². The maximum atomic E-state index is 12.3. The second kappa shape index (κ2) is 4.33. The standard InChI is InChI=1S/C18H22O3/c1-18-7-6-13-12-5-3-11(19)8-10(12)2-4-14(13)15(18)9-16(20)17(18)21/h3,5,8,13-16,19-20H,2,4,6-7,9H2,1H3/t13-,14-,15-,16-,18+/m1/s1. The maximum Gasteiger partial charge on any atom is 0.167 e. The largest absolute Gasteiger partial charge is 0.508 e. The Labute approximate surface area is 125 Å². The molecule has 0 aromatic heterocycles. The van der Waals surface area contributed by atoms with E-state index in [0.29, 0.717) is 29.9 Å². The van der Waals surface area contributed by atoms with Crippen LogP contribution >= 0.6 is 0 Å². The first kappa shape index (κ1) is 13.3. The Morgan fingerprint density at radius 3 is 2.90 bits per heavy atom. The fraction of sp³-hybridized carbons (Fsp3) is 0.611. The van der Waals surface area contributed by atoms with E-state index in [2.05, 4.69) is 13.0 Å². The van der Waals surface area contributed by atoms with E-state index < -0.39 is 6.10 Å². The van der Waals surface area contributed by atoms with Gasteiger partial charge in [0.25, 0.3) is 0 Å². The predicted octanol–water partition coefficient (Wildman–Crippen LogP) is 2.79. The van der Waals surface area contributed by atoms with Crippen LogP contribution in [0.15, 0.2) is 18.2 Å². The van der Waals surface area contributed by atoms with E-state index >= 15 is 0 Å². The second-order valence-corrected chi connectivity index (χ2v) is 7.37. The fourth-order valence-corrected chi connectivity index (χ4v) is 5.36. The van der Waals surface area contributed by atoms with Crippen molar-refractivity contribution in [1.82, 2.24) is 0 Å². The van der Waals surface area contributed by atoms with Gasteiger partial charge in [0.2, 0.25) is 0 Å². The zero-order valence-corrected chi connectivity index (χ0v) is 12.4. The lowest BCUT2D eigenvalue weighted by molar-refractivity contribution is -0.134. The van der Waals surface area contributed by atoms with Crippen molar-refractivity contribution in [1.29, 1.82) is 0 Å². The van der Waals surface area contributed by atoms with Crippen LogP contribution in [0, 0.1) is 17.3 Å². The van der Waals surface area contributed by atoms with Crippen LogP contribution in [-0.2, 0) is 11.2 Å². The lowest BCUT2D eigenvalue weighted by Crippen LogP contribution is -2.42. The third-order valence-electron chi connectivity index (χ3n) is 6.44. The van der Waals surface area contributed by atoms with Gasteiger partial charge in [-0.2, -0.15) is 0 Å². The lowest BCUT2D eigenvalue weighted by Gasteiger charge is -2.48. The Hall–Kier alpha value is -1.35. The van der Waals surface area contributed by atoms with Gasteiger partial charge in [-0.15, -0.1) is 0 Å². The molecule has 0 heterocycles. The number of Topliss-reactive ketones (excluding diaryl/α,β-unsaturated/α-hetero) is 1. The number of aliphatic hydroxyl groups is 1. The molecule has 0 amide bonds. The Morgan fingerprint density at radius 2 is 2.10 bits per heavy atom. The highest BCUT2D eigenvalue weighted by Crippen LogP contribution is 2.59. The quantitative estimate of drug-likeness (QED) is 0.771. The fourth-order valence-electron chi connectivity index (χ4n) is 5.36. The van der Waals surface area contributed by atoms with E-state index in [9.17, 15) is 15.0 Å². The van der Waals surface area contributed by atoms with E-state index in [1.54, 1.807) is 6.07 Å². The molecule has 2 N–H and O–H groups in total. The molecule has 112 valence electrons. The van der Waals surface area contributed by atoms with E-state index in [0.717, 1.165) is 25.7 Å². The lowest BCUT2D eigenvalue weighted by atomic mass is 9.55. The number of aliphatic hydroxyl groups excluding tert-OH is 1. The number of carbonyl (C=O) groups excluding carboxylic acids is 1. The summed E-state index contributed by atoms with van der Waals surface area (Å²) in [5, 5.41) is 19.7. The van der Waals surface area contributed by atoms with E-state index in [1.165, 1.54) is 11.1 Å². The number of fused-ring (bicyclic) bond motifs is 5. The minimum absolute atomic E-state index is 0.0717. The molecule has 0 radical (unpaired) electrons. The summed E-state index contributed by atoms with van der Waals surface area (Å²) >= 11 is 0. The van der Waals surface area contributed by atoms with Crippen LogP contribution in [0.2, 0.25) is 0 Å². The molecule has 21 heavy (non-hydrogen) atoms. The van der Waals surface area contributed by atoms with Crippen molar-refractivity contribution in [2.24, 2.45) is 17.3 Å². The predicted molar refractivity (Wildman–Crippen MR) is 79.1 cm³/mol. The summed E-state index contributed by atoms with van der Waals surface area (Å²) in [5.74, 6) is 1.73. The molecule has 0 saturated heterocycles. The average molecular weight is 286 g/mol. The van der Waals surface area contributed by atoms with Gasteiger partial charge in [-0.25, -0.2) is 0 Å². The number of hydrogen-bond donors (Lipinski definition) is 2. The van der Waals surface area contributed by atoms with Crippen molar-refractivity contribution < 1.29 is 15.0 Å². The van der Waals surface area contributed by atoms with Crippen LogP contribution in [0.1, 0.15) is 49.7 Å². The van der Waals surface area contributed by atoms with Crippen LogP contribution in [0.25, 0.3) is 0 Å². The zero-order valence-electron chi connectivity index (χ0n) is 12.4. The summed E-state index contributed by atoms with van der Waals surface area (Å²) in [6, 6.07) is 5.75. The molecule has 0 spiro atoms. The monoisotopic (exact) mass is 286 g/mol. The Kier molecular flexibility index (Phi) is 2.74. The summed E-state index contributed by atoms with van der Waals surface area (Å²) in [5.41, 5.74) is 2.32. The number of carbonyl (C=O) groups is 1. The summed E-state index contributed by atoms with van der Waals surface area (Å²) in [6.45, 7) is 2.07. The maximum absolute atomic E-state index is 12.3. The van der Waals surface area contributed by atoms with Gasteiger partial charge >= 0.3 is 0 Å². The van der Waals surface area contributed by atoms with Gasteiger partial charge in [-0.3, -0.25) is 4.79 Å². The highest BCUT2D eigenvalue weighted by atomic mass is 16.3. The normalized spacial score (nSPS) is 41.3. The van der Waals surface area contributed by atoms with Crippen LogP contribution in [-0.4, -0.2) is 22.1 Å². The van der Waals surface area contributed by atoms with Crippen LogP contribution in [0.3, 0.4) is 0 Å². The zero-order chi connectivity index (χ0) is 14.8. The molecule has 3 heteroatoms. The first-order valence-corrected chi connectivity index (χ1v) is 8.05. The van der Waals surface area contributed by atoms with E-state index in [1.807, 2.05) is 6.07 Å². The van der Waals surface area contributed by atoms with E-state index in [-0.39, 0.29) is 11.2 Å². The molecule has 2 saturated carbocycles. The number of aryl methyl sites for hydroxylation is 1. The van der Waals surface area contributed by atoms with Gasteiger partial charge < -0.3 is 10.2 Å². The highest BCUT2D eigenvalue weighted by Gasteiger charge is 2.57. The number of hydrogen-bond acceptors (Lipinski definition) is 3. The molecular weight excluding hydrogens is 264 g/mol. The molecule has 3 aliphatic carbocycles. The second-order valence-electron chi connectivity index (χ2n) is 7.37. The molecule has 3 nitrogen and oxygen atoms in total. The van der Waals surface area contributed by atoms with Gasteiger partial charge in [0.05, 0.1) is 0 Å². The number of aromatic hydroxyl groups is 1. The SMILES string of the molecule is C[C@]12CC[C@@H]3c4ccc(O)cc4CC[C@H]3[C@H]1C[C@@H](O)C2=O. The van der Waals surface area contributed by atoms with Gasteiger partial charge in [0, 0.05) is 5.41 Å². The van der Waals surface area contributed by atoms with Gasteiger partial charge in [0.15, 0.2) is 5.78 Å². The van der Waals surface area contributed by atoms with Crippen molar-refractivity contribution in [3.8, 4) is 5.75 Å². The average Bonchev–Trinajstić information content (AvgIpc) is 2.70. The van der Waals surface area contributed by atoms with Crippen molar-refractivity contribution in [2.45, 2.75) is 51.0 Å². The number of rotatable bonds is 0. The summed E-state index contributed by atoms with van der Waals surface area (Å²) < 4.78 is 0. The molecule has 0 unspecified atom stereocenters. The van der Waals surface area contributed by atoms with Gasteiger partial charge in [-0.1, -0.05) is 13.0 Å². The third kappa shape index (κ3) is 1.73. The Bertz CT molecular complexity index is 608. The highest BCUT2D eigenvalue weighted by molar-refractivity contribution is 5.91. The molecule has 0 bridgehead atoms. The van der Waals surface area contributed by atoms with Gasteiger partial charge in [0.1, 0.15) is 11.9 Å². The molecule has 0 aliphatic heterocycles. The Morgan fingerprint density at radius 1 is 1.29 bits per heavy atom. The number of ketones is 1. The van der Waals surface area contributed by atoms with Crippen LogP contribution in [0.5, 0.6) is 5.75 Å². The minimum atomic E-state index is -0.750. The summed E-state index contributed by atoms with van der Waals surface area (Å²) in [4.78, 5) is 12.3. The molecule has 3 aliphatic rings. The molecule has 1 aromatic rings. The molecule has 4 rings (SSSR count). The van der Waals surface area contributed by atoms with Crippen molar-refractivity contribution in [2.75, 3.05) is 0 Å². The third-order valence-corrected chi connectivity index (χ3v) is 6.44. The summed E-state index contributed by atoms with van der Waals surface area (Å²) in [6.07, 6.45) is 3.84. The van der Waals surface area contributed by atoms with E-state index in [4.69, 9.17) is 0 Å². The number of phenols is 1. The van der Waals surface area contributed by atoms with Crippen molar-refractivity contribution >= 4 is 5.78 Å². The molecule has 5 atom stereocenters. The number of benzene rings is 1. The van der Waals surface area contributed by atoms with Crippen LogP contribution in [0.4, 0.5) is 0 Å². The topological polar surface area (TPSA) is 57.5 Å². The van der Waals surface area contributed by atoms with Crippen LogP contribution < -0.4 is 0 Å². The smallest absolute Gasteiger partial charge is 0.167 e. The molecular formula is C18H22O3. The Balaban J connectivity index is 1.73.